The molecule has 3 heterocycles. The summed E-state index contributed by atoms with van der Waals surface area (Å²) in [4.78, 5) is 36.5. The minimum absolute atomic E-state index is 0.00386. The van der Waals surface area contributed by atoms with E-state index in [1.54, 1.807) is 13.4 Å². The number of hydrogen-bond acceptors (Lipinski definition) is 4. The molecule has 0 bridgehead atoms. The fourth-order valence-corrected chi connectivity index (χ4v) is 4.29. The first-order valence-corrected chi connectivity index (χ1v) is 9.28. The maximum Gasteiger partial charge on any atom is 0.249 e. The molecule has 0 spiro atoms. The number of aromatic nitrogens is 2. The lowest BCUT2D eigenvalue weighted by atomic mass is 9.83. The van der Waals surface area contributed by atoms with Gasteiger partial charge in [0.2, 0.25) is 11.8 Å². The summed E-state index contributed by atoms with van der Waals surface area (Å²) in [6, 6.07) is -0.00386. The molecule has 2 amide bonds. The third kappa shape index (κ3) is 3.17. The SMILES string of the molecule is COCC(=O)N1CCc2[nH]cnc2C1C1CCN(C(=O)C2CC2)CC1. The van der Waals surface area contributed by atoms with Gasteiger partial charge >= 0.3 is 0 Å². The number of aromatic amines is 1. The molecule has 3 aliphatic rings. The molecular weight excluding hydrogens is 320 g/mol. The van der Waals surface area contributed by atoms with Gasteiger partial charge in [-0.3, -0.25) is 9.59 Å². The first kappa shape index (κ1) is 16.6. The fraction of sp³-hybridized carbons (Fsp3) is 0.722. The summed E-state index contributed by atoms with van der Waals surface area (Å²) in [7, 11) is 1.55. The molecule has 1 aromatic heterocycles. The van der Waals surface area contributed by atoms with E-state index >= 15 is 0 Å². The van der Waals surface area contributed by atoms with Gasteiger partial charge in [-0.05, 0) is 31.6 Å². The van der Waals surface area contributed by atoms with Gasteiger partial charge in [0.15, 0.2) is 0 Å². The summed E-state index contributed by atoms with van der Waals surface area (Å²) in [5, 5.41) is 0. The number of nitrogens with zero attached hydrogens (tertiary/aromatic N) is 3. The summed E-state index contributed by atoms with van der Waals surface area (Å²) in [6.07, 6.45) is 6.49. The van der Waals surface area contributed by atoms with Gasteiger partial charge in [0.25, 0.3) is 0 Å². The molecule has 1 atom stereocenters. The van der Waals surface area contributed by atoms with E-state index in [1.165, 1.54) is 0 Å². The topological polar surface area (TPSA) is 78.5 Å². The molecule has 1 N–H and O–H groups in total. The number of carbonyl (C=O) groups excluding carboxylic acids is 2. The Kier molecular flexibility index (Phi) is 4.50. The van der Waals surface area contributed by atoms with Crippen LogP contribution in [-0.4, -0.2) is 64.9 Å². The molecule has 0 radical (unpaired) electrons. The Morgan fingerprint density at radius 2 is 2.00 bits per heavy atom. The molecule has 1 aliphatic carbocycles. The second kappa shape index (κ2) is 6.78. The lowest BCUT2D eigenvalue weighted by Gasteiger charge is -2.43. The van der Waals surface area contributed by atoms with Crippen molar-refractivity contribution in [2.75, 3.05) is 33.4 Å². The number of imidazole rings is 1. The maximum absolute atomic E-state index is 12.6. The van der Waals surface area contributed by atoms with Crippen molar-refractivity contribution < 1.29 is 14.3 Å². The van der Waals surface area contributed by atoms with Gasteiger partial charge in [-0.2, -0.15) is 0 Å². The number of fused-ring (bicyclic) bond motifs is 1. The average molecular weight is 346 g/mol. The number of piperidine rings is 1. The van der Waals surface area contributed by atoms with Crippen molar-refractivity contribution in [3.05, 3.63) is 17.7 Å². The zero-order valence-corrected chi connectivity index (χ0v) is 14.7. The highest BCUT2D eigenvalue weighted by Crippen LogP contribution is 2.40. The smallest absolute Gasteiger partial charge is 0.249 e. The Balaban J connectivity index is 1.50. The van der Waals surface area contributed by atoms with Crippen LogP contribution in [0.4, 0.5) is 0 Å². The number of H-pyrrole nitrogens is 1. The van der Waals surface area contributed by atoms with Gasteiger partial charge < -0.3 is 19.5 Å². The van der Waals surface area contributed by atoms with E-state index in [-0.39, 0.29) is 24.5 Å². The quantitative estimate of drug-likeness (QED) is 0.886. The van der Waals surface area contributed by atoms with Gasteiger partial charge in [0.1, 0.15) is 6.61 Å². The predicted octanol–water partition coefficient (Wildman–Crippen LogP) is 1.13. The Hall–Kier alpha value is -1.89. The molecule has 7 heteroatoms. The predicted molar refractivity (Wildman–Crippen MR) is 90.6 cm³/mol. The Labute approximate surface area is 147 Å². The van der Waals surface area contributed by atoms with Crippen LogP contribution in [0.5, 0.6) is 0 Å². The molecule has 1 saturated carbocycles. The average Bonchev–Trinajstić information content (AvgIpc) is 3.37. The fourth-order valence-electron chi connectivity index (χ4n) is 4.29. The third-order valence-corrected chi connectivity index (χ3v) is 5.78. The van der Waals surface area contributed by atoms with Crippen molar-refractivity contribution in [1.29, 1.82) is 0 Å². The molecule has 7 nitrogen and oxygen atoms in total. The largest absolute Gasteiger partial charge is 0.375 e. The van der Waals surface area contributed by atoms with E-state index in [2.05, 4.69) is 9.97 Å². The van der Waals surface area contributed by atoms with Crippen LogP contribution in [0.1, 0.15) is 43.1 Å². The van der Waals surface area contributed by atoms with E-state index < -0.39 is 0 Å². The minimum Gasteiger partial charge on any atom is -0.375 e. The zero-order chi connectivity index (χ0) is 17.4. The monoisotopic (exact) mass is 346 g/mol. The van der Waals surface area contributed by atoms with Crippen molar-refractivity contribution in [2.24, 2.45) is 11.8 Å². The number of methoxy groups -OCH3 is 1. The number of carbonyl (C=O) groups is 2. The van der Waals surface area contributed by atoms with Gasteiger partial charge in [-0.25, -0.2) is 4.98 Å². The van der Waals surface area contributed by atoms with Crippen molar-refractivity contribution in [3.8, 4) is 0 Å². The number of nitrogens with one attached hydrogen (secondary N) is 1. The highest BCUT2D eigenvalue weighted by Gasteiger charge is 2.41. The summed E-state index contributed by atoms with van der Waals surface area (Å²) < 4.78 is 5.07. The first-order valence-electron chi connectivity index (χ1n) is 9.28. The van der Waals surface area contributed by atoms with Crippen molar-refractivity contribution in [3.63, 3.8) is 0 Å². The first-order chi connectivity index (χ1) is 12.2. The van der Waals surface area contributed by atoms with Gasteiger partial charge in [-0.1, -0.05) is 0 Å². The van der Waals surface area contributed by atoms with Crippen molar-refractivity contribution in [1.82, 2.24) is 19.8 Å². The number of ether oxygens (including phenoxy) is 1. The molecule has 1 aromatic rings. The second-order valence-electron chi connectivity index (χ2n) is 7.42. The van der Waals surface area contributed by atoms with Gasteiger partial charge in [0.05, 0.1) is 18.1 Å². The molecule has 136 valence electrons. The highest BCUT2D eigenvalue weighted by molar-refractivity contribution is 5.81. The standard InChI is InChI=1S/C18H26N4O3/c1-25-10-15(23)22-9-6-14-16(20-11-19-14)17(22)12-4-7-21(8-5-12)18(24)13-2-3-13/h11-13,17H,2-10H2,1H3,(H,19,20). The van der Waals surface area contributed by atoms with Crippen LogP contribution < -0.4 is 0 Å². The highest BCUT2D eigenvalue weighted by atomic mass is 16.5. The minimum atomic E-state index is -0.00386. The number of likely N-dealkylation sites (tertiary alicyclic amines) is 1. The molecule has 2 aliphatic heterocycles. The molecule has 25 heavy (non-hydrogen) atoms. The maximum atomic E-state index is 12.6. The summed E-state index contributed by atoms with van der Waals surface area (Å²) in [5.41, 5.74) is 2.14. The molecule has 1 saturated heterocycles. The van der Waals surface area contributed by atoms with Crippen LogP contribution in [0.3, 0.4) is 0 Å². The normalized spacial score (nSPS) is 24.3. The van der Waals surface area contributed by atoms with E-state index in [4.69, 9.17) is 4.74 Å². The van der Waals surface area contributed by atoms with E-state index in [9.17, 15) is 9.59 Å². The molecule has 4 rings (SSSR count). The zero-order valence-electron chi connectivity index (χ0n) is 14.7. The summed E-state index contributed by atoms with van der Waals surface area (Å²) in [5.74, 6) is 0.975. The molecule has 2 fully saturated rings. The Morgan fingerprint density at radius 1 is 1.24 bits per heavy atom. The molecule has 0 aromatic carbocycles. The third-order valence-electron chi connectivity index (χ3n) is 5.78. The number of rotatable bonds is 4. The Bertz CT molecular complexity index is 647. The van der Waals surface area contributed by atoms with Crippen LogP contribution >= 0.6 is 0 Å². The van der Waals surface area contributed by atoms with E-state index in [1.807, 2.05) is 9.80 Å². The number of amides is 2. The van der Waals surface area contributed by atoms with Crippen LogP contribution in [0.25, 0.3) is 0 Å². The molecular formula is C18H26N4O3. The van der Waals surface area contributed by atoms with E-state index in [0.29, 0.717) is 18.4 Å². The van der Waals surface area contributed by atoms with Crippen LogP contribution in [-0.2, 0) is 20.7 Å². The van der Waals surface area contributed by atoms with Crippen molar-refractivity contribution >= 4 is 11.8 Å². The molecule has 1 unspecified atom stereocenters. The van der Waals surface area contributed by atoms with Crippen molar-refractivity contribution in [2.45, 2.75) is 38.1 Å². The lowest BCUT2D eigenvalue weighted by Crippen LogP contribution is -2.48. The van der Waals surface area contributed by atoms with Gasteiger partial charge in [-0.15, -0.1) is 0 Å². The summed E-state index contributed by atoms with van der Waals surface area (Å²) >= 11 is 0. The Morgan fingerprint density at radius 3 is 2.68 bits per heavy atom. The lowest BCUT2D eigenvalue weighted by molar-refractivity contribution is -0.141. The second-order valence-corrected chi connectivity index (χ2v) is 7.42. The number of hydrogen-bond donors (Lipinski definition) is 1. The van der Waals surface area contributed by atoms with Crippen LogP contribution in [0, 0.1) is 11.8 Å². The van der Waals surface area contributed by atoms with Crippen LogP contribution in [0.15, 0.2) is 6.33 Å². The van der Waals surface area contributed by atoms with Crippen LogP contribution in [0.2, 0.25) is 0 Å². The van der Waals surface area contributed by atoms with Gasteiger partial charge in [0, 0.05) is 44.8 Å². The van der Waals surface area contributed by atoms with E-state index in [0.717, 1.165) is 56.6 Å². The summed E-state index contributed by atoms with van der Waals surface area (Å²) in [6.45, 7) is 2.39.